The van der Waals surface area contributed by atoms with Gasteiger partial charge in [0.2, 0.25) is 0 Å². The van der Waals surface area contributed by atoms with E-state index in [-0.39, 0.29) is 16.3 Å². The highest BCUT2D eigenvalue weighted by Gasteiger charge is 2.33. The van der Waals surface area contributed by atoms with Gasteiger partial charge in [-0.1, -0.05) is 0 Å². The van der Waals surface area contributed by atoms with Gasteiger partial charge in [-0.15, -0.1) is 0 Å². The fraction of sp³-hybridized carbons (Fsp3) is 0.263. The first-order valence-electron chi connectivity index (χ1n) is 9.14. The second-order valence-electron chi connectivity index (χ2n) is 7.27. The predicted molar refractivity (Wildman–Crippen MR) is 113 cm³/mol. The molecule has 10 nitrogen and oxygen atoms in total. The Morgan fingerprint density at radius 1 is 1.00 bits per heavy atom. The van der Waals surface area contributed by atoms with Gasteiger partial charge in [-0.2, -0.15) is 0 Å². The molecule has 156 valence electrons. The van der Waals surface area contributed by atoms with Crippen molar-refractivity contribution in [3.05, 3.63) is 49.1 Å². The minimum Gasteiger partial charge on any atom is -0.376 e. The second-order valence-corrected chi connectivity index (χ2v) is 9.26. The molecule has 3 aromatic rings. The molecule has 4 heterocycles. The lowest BCUT2D eigenvalue weighted by Gasteiger charge is -2.39. The number of nitrogens with one attached hydrogen (secondary N) is 3. The summed E-state index contributed by atoms with van der Waals surface area (Å²) in [5.74, 6) is 1.70. The van der Waals surface area contributed by atoms with Crippen molar-refractivity contribution >= 4 is 38.8 Å². The molecular weight excluding hydrogens is 406 g/mol. The van der Waals surface area contributed by atoms with Crippen LogP contribution in [0.5, 0.6) is 0 Å². The Kier molecular flexibility index (Phi) is 5.22. The van der Waals surface area contributed by atoms with Crippen LogP contribution in [0.4, 0.5) is 29.0 Å². The molecular formula is C19H21N7O3S. The number of aromatic nitrogens is 4. The van der Waals surface area contributed by atoms with E-state index in [0.29, 0.717) is 30.7 Å². The molecule has 1 saturated heterocycles. The molecule has 0 atom stereocenters. The molecule has 0 aromatic carbocycles. The van der Waals surface area contributed by atoms with Crippen LogP contribution < -0.4 is 16.0 Å². The highest BCUT2D eigenvalue weighted by molar-refractivity contribution is 7.90. The number of ether oxygens (including phenoxy) is 1. The van der Waals surface area contributed by atoms with Gasteiger partial charge in [0, 0.05) is 18.5 Å². The molecule has 4 rings (SSSR count). The average molecular weight is 427 g/mol. The Bertz CT molecular complexity index is 1150. The van der Waals surface area contributed by atoms with E-state index in [4.69, 9.17) is 4.74 Å². The summed E-state index contributed by atoms with van der Waals surface area (Å²) in [5, 5.41) is 9.42. The SMILES string of the molecule is CC1(Nc2ccc(Nc3cc(Nc4ncccc4S(C)(=O)=O)ncn3)nc2)COC1. The van der Waals surface area contributed by atoms with Crippen LogP contribution in [0.1, 0.15) is 6.92 Å². The zero-order valence-corrected chi connectivity index (χ0v) is 17.3. The number of hydrogen-bond acceptors (Lipinski definition) is 10. The summed E-state index contributed by atoms with van der Waals surface area (Å²) in [6, 6.07) is 8.45. The van der Waals surface area contributed by atoms with Gasteiger partial charge in [0.05, 0.1) is 30.6 Å². The minimum atomic E-state index is -3.44. The van der Waals surface area contributed by atoms with Gasteiger partial charge in [-0.25, -0.2) is 28.4 Å². The van der Waals surface area contributed by atoms with Crippen LogP contribution in [-0.4, -0.2) is 53.4 Å². The Labute approximate surface area is 174 Å². The number of sulfone groups is 1. The number of rotatable bonds is 7. The summed E-state index contributed by atoms with van der Waals surface area (Å²) in [6.07, 6.45) is 5.73. The van der Waals surface area contributed by atoms with E-state index in [2.05, 4.69) is 42.8 Å². The van der Waals surface area contributed by atoms with Gasteiger partial charge in [0.1, 0.15) is 34.5 Å². The van der Waals surface area contributed by atoms with Crippen molar-refractivity contribution in [2.24, 2.45) is 0 Å². The lowest BCUT2D eigenvalue weighted by molar-refractivity contribution is -0.0318. The maximum absolute atomic E-state index is 11.9. The summed E-state index contributed by atoms with van der Waals surface area (Å²) in [4.78, 5) is 16.9. The van der Waals surface area contributed by atoms with E-state index in [1.165, 1.54) is 18.6 Å². The standard InChI is InChI=1S/C19H21N7O3S/c1-19(10-29-11-19)26-13-5-6-15(21-9-13)24-16-8-17(23-12-22-16)25-18-14(30(2,27)28)4-3-7-20-18/h3-9,12,26H,10-11H2,1-2H3,(H2,20,21,22,23,24,25). The summed E-state index contributed by atoms with van der Waals surface area (Å²) in [5.41, 5.74) is 0.847. The van der Waals surface area contributed by atoms with E-state index >= 15 is 0 Å². The molecule has 3 aromatic heterocycles. The largest absolute Gasteiger partial charge is 0.376 e. The molecule has 0 unspecified atom stereocenters. The predicted octanol–water partition coefficient (Wildman–Crippen LogP) is 2.36. The summed E-state index contributed by atoms with van der Waals surface area (Å²) in [6.45, 7) is 3.43. The Hall–Kier alpha value is -3.31. The molecule has 0 aliphatic carbocycles. The van der Waals surface area contributed by atoms with Gasteiger partial charge in [-0.3, -0.25) is 0 Å². The first-order chi connectivity index (χ1) is 14.3. The van der Waals surface area contributed by atoms with Crippen molar-refractivity contribution in [1.82, 2.24) is 19.9 Å². The molecule has 0 bridgehead atoms. The minimum absolute atomic E-state index is 0.0554. The number of anilines is 5. The number of nitrogens with zero attached hydrogens (tertiary/aromatic N) is 4. The zero-order valence-electron chi connectivity index (χ0n) is 16.5. The zero-order chi connectivity index (χ0) is 21.2. The molecule has 0 radical (unpaired) electrons. The fourth-order valence-electron chi connectivity index (χ4n) is 2.90. The van der Waals surface area contributed by atoms with Crippen LogP contribution in [0.3, 0.4) is 0 Å². The highest BCUT2D eigenvalue weighted by Crippen LogP contribution is 2.25. The number of pyridine rings is 2. The monoisotopic (exact) mass is 427 g/mol. The quantitative estimate of drug-likeness (QED) is 0.516. The molecule has 0 saturated carbocycles. The van der Waals surface area contributed by atoms with Gasteiger partial charge < -0.3 is 20.7 Å². The van der Waals surface area contributed by atoms with Crippen molar-refractivity contribution in [2.75, 3.05) is 35.4 Å². The molecule has 3 N–H and O–H groups in total. The first kappa shape index (κ1) is 20.0. The molecule has 30 heavy (non-hydrogen) atoms. The van der Waals surface area contributed by atoms with Gasteiger partial charge >= 0.3 is 0 Å². The van der Waals surface area contributed by atoms with Crippen LogP contribution in [0.2, 0.25) is 0 Å². The van der Waals surface area contributed by atoms with E-state index in [9.17, 15) is 8.42 Å². The van der Waals surface area contributed by atoms with Crippen LogP contribution in [0.15, 0.2) is 53.9 Å². The van der Waals surface area contributed by atoms with E-state index in [1.807, 2.05) is 12.1 Å². The Morgan fingerprint density at radius 2 is 1.77 bits per heavy atom. The Morgan fingerprint density at radius 3 is 2.40 bits per heavy atom. The molecule has 1 aliphatic heterocycles. The lowest BCUT2D eigenvalue weighted by Crippen LogP contribution is -2.53. The summed E-state index contributed by atoms with van der Waals surface area (Å²) < 4.78 is 29.1. The van der Waals surface area contributed by atoms with Gasteiger partial charge in [0.25, 0.3) is 0 Å². The van der Waals surface area contributed by atoms with Crippen molar-refractivity contribution in [3.63, 3.8) is 0 Å². The summed E-state index contributed by atoms with van der Waals surface area (Å²) in [7, 11) is -3.44. The van der Waals surface area contributed by atoms with Crippen LogP contribution >= 0.6 is 0 Å². The normalized spacial score (nSPS) is 15.1. The van der Waals surface area contributed by atoms with E-state index in [0.717, 1.165) is 11.9 Å². The molecule has 11 heteroatoms. The first-order valence-corrected chi connectivity index (χ1v) is 11.0. The number of hydrogen-bond donors (Lipinski definition) is 3. The van der Waals surface area contributed by atoms with Crippen molar-refractivity contribution in [1.29, 1.82) is 0 Å². The third-order valence-corrected chi connectivity index (χ3v) is 5.52. The maximum atomic E-state index is 11.9. The van der Waals surface area contributed by atoms with Crippen molar-refractivity contribution < 1.29 is 13.2 Å². The molecule has 1 fully saturated rings. The third kappa shape index (κ3) is 4.63. The maximum Gasteiger partial charge on any atom is 0.179 e. The smallest absolute Gasteiger partial charge is 0.179 e. The third-order valence-electron chi connectivity index (χ3n) is 4.39. The molecule has 0 amide bonds. The van der Waals surface area contributed by atoms with E-state index < -0.39 is 9.84 Å². The molecule has 1 aliphatic rings. The summed E-state index contributed by atoms with van der Waals surface area (Å²) >= 11 is 0. The Balaban J connectivity index is 1.47. The fourth-order valence-corrected chi connectivity index (χ4v) is 3.68. The van der Waals surface area contributed by atoms with Crippen LogP contribution in [-0.2, 0) is 14.6 Å². The van der Waals surface area contributed by atoms with Crippen molar-refractivity contribution in [3.8, 4) is 0 Å². The molecule has 0 spiro atoms. The highest BCUT2D eigenvalue weighted by atomic mass is 32.2. The topological polar surface area (TPSA) is 131 Å². The second kappa shape index (κ2) is 7.84. The van der Waals surface area contributed by atoms with Crippen LogP contribution in [0, 0.1) is 0 Å². The van der Waals surface area contributed by atoms with Gasteiger partial charge in [0.15, 0.2) is 9.84 Å². The lowest BCUT2D eigenvalue weighted by atomic mass is 10.0. The average Bonchev–Trinajstić information content (AvgIpc) is 2.68. The van der Waals surface area contributed by atoms with Crippen LogP contribution in [0.25, 0.3) is 0 Å². The van der Waals surface area contributed by atoms with E-state index in [1.54, 1.807) is 18.3 Å². The van der Waals surface area contributed by atoms with Crippen molar-refractivity contribution in [2.45, 2.75) is 17.4 Å². The van der Waals surface area contributed by atoms with Gasteiger partial charge in [-0.05, 0) is 31.2 Å².